The summed E-state index contributed by atoms with van der Waals surface area (Å²) in [5.74, 6) is -1.30. The highest BCUT2D eigenvalue weighted by Crippen LogP contribution is 2.48. The lowest BCUT2D eigenvalue weighted by Crippen LogP contribution is -2.63. The molecule has 266 valence electrons. The molecule has 3 N–H and O–H groups in total. The highest BCUT2D eigenvalue weighted by atomic mass is 35.5. The minimum absolute atomic E-state index is 0.0493. The molecule has 48 heavy (non-hydrogen) atoms. The van der Waals surface area contributed by atoms with Gasteiger partial charge in [0.15, 0.2) is 5.72 Å². The van der Waals surface area contributed by atoms with Crippen molar-refractivity contribution < 1.29 is 48.0 Å². The number of allylic oxidation sites excluding steroid dienone is 3. The Morgan fingerprint density at radius 1 is 1.25 bits per heavy atom. The Balaban J connectivity index is 1.73. The van der Waals surface area contributed by atoms with Crippen LogP contribution in [0.25, 0.3) is 0 Å². The van der Waals surface area contributed by atoms with Crippen LogP contribution < -0.4 is 15.4 Å². The Morgan fingerprint density at radius 2 is 1.94 bits per heavy atom. The highest BCUT2D eigenvalue weighted by Gasteiger charge is 2.64. The van der Waals surface area contributed by atoms with Gasteiger partial charge in [0.2, 0.25) is 11.8 Å². The van der Waals surface area contributed by atoms with Crippen LogP contribution in [0.3, 0.4) is 0 Å². The molecule has 13 nitrogen and oxygen atoms in total. The molecule has 0 spiro atoms. The van der Waals surface area contributed by atoms with Crippen LogP contribution >= 0.6 is 11.6 Å². The number of benzene rings is 1. The number of amides is 3. The van der Waals surface area contributed by atoms with E-state index in [0.717, 1.165) is 11.1 Å². The lowest BCUT2D eigenvalue weighted by Gasteiger charge is -2.42. The van der Waals surface area contributed by atoms with Crippen LogP contribution in [-0.2, 0) is 39.8 Å². The smallest absolute Gasteiger partial charge is 0.409 e. The molecule has 2 aliphatic heterocycles. The molecule has 3 rings (SSSR count). The monoisotopic (exact) mass is 693 g/mol. The van der Waals surface area contributed by atoms with Crippen LogP contribution in [0.2, 0.25) is 5.02 Å². The minimum Gasteiger partial charge on any atom is -0.495 e. The zero-order valence-electron chi connectivity index (χ0n) is 29.0. The third-order valence-electron chi connectivity index (χ3n) is 9.10. The van der Waals surface area contributed by atoms with Crippen molar-refractivity contribution in [2.45, 2.75) is 95.7 Å². The van der Waals surface area contributed by atoms with E-state index in [1.165, 1.54) is 40.0 Å². The van der Waals surface area contributed by atoms with E-state index < -0.39 is 59.8 Å². The number of methoxy groups -OCH3 is 2. The third kappa shape index (κ3) is 9.28. The Bertz CT molecular complexity index is 1420. The zero-order chi connectivity index (χ0) is 36.0. The molecular formula is C34H48ClN3O10. The van der Waals surface area contributed by atoms with Gasteiger partial charge in [-0.25, -0.2) is 9.59 Å². The number of esters is 1. The summed E-state index contributed by atoms with van der Waals surface area (Å²) in [6.07, 6.45) is 1.46. The van der Waals surface area contributed by atoms with Gasteiger partial charge in [-0.05, 0) is 44.9 Å². The van der Waals surface area contributed by atoms with Gasteiger partial charge < -0.3 is 39.0 Å². The van der Waals surface area contributed by atoms with E-state index >= 15 is 0 Å². The number of hydrogen-bond donors (Lipinski definition) is 3. The van der Waals surface area contributed by atoms with Crippen molar-refractivity contribution in [2.75, 3.05) is 28.3 Å². The Hall–Kier alpha value is -3.65. The van der Waals surface area contributed by atoms with E-state index in [-0.39, 0.29) is 24.7 Å². The molecular weight excluding hydrogens is 646 g/mol. The van der Waals surface area contributed by atoms with Crippen LogP contribution in [-0.4, -0.2) is 104 Å². The molecule has 0 aromatic heterocycles. The number of nitrogens with one attached hydrogen (secondary N) is 2. The average molecular weight is 694 g/mol. The van der Waals surface area contributed by atoms with E-state index in [0.29, 0.717) is 17.2 Å². The van der Waals surface area contributed by atoms with Crippen molar-refractivity contribution in [1.82, 2.24) is 15.5 Å². The van der Waals surface area contributed by atoms with Gasteiger partial charge in [-0.1, -0.05) is 48.4 Å². The van der Waals surface area contributed by atoms with Crippen molar-refractivity contribution in [3.63, 3.8) is 0 Å². The molecule has 8 atom stereocenters. The third-order valence-corrected chi connectivity index (χ3v) is 9.41. The second kappa shape index (κ2) is 16.2. The SMILES string of the molecule is CNC(=O)C[C@H](OC(=O)[C@@H](C)N(C)C(C)=O)[C@]1(C)O[C@H]1[C@H](C)[C@@H]1C[C@](O)([C@@H](/C=C/C=C(\C)Cc2ccc(Cl)c(OC)c2)OC)NC(=O)O1. The molecule has 2 fully saturated rings. The molecule has 2 aliphatic rings. The second-order valence-corrected chi connectivity index (χ2v) is 13.0. The summed E-state index contributed by atoms with van der Waals surface area (Å²) in [6.45, 7) is 8.32. The van der Waals surface area contributed by atoms with E-state index in [1.807, 2.05) is 25.1 Å². The standard InChI is InChI=1S/C34H48ClN3O10/c1-19(15-23-13-14-24(35)25(16-23)44-8)11-10-12-27(45-9)34(43)18-26(46-32(42)37-34)20(2)30-33(5,48-30)28(17-29(40)36-6)47-31(41)21(3)38(7)22(4)39/h10-14,16,20-21,26-28,30,43H,15,17-18H2,1-9H3,(H,36,40)(H,37,42)/b12-10+,19-11+/t20-,21-,26+,27-,28+,30+,33+,34+/m1/s1. The lowest BCUT2D eigenvalue weighted by atomic mass is 9.83. The largest absolute Gasteiger partial charge is 0.495 e. The summed E-state index contributed by atoms with van der Waals surface area (Å²) in [5, 5.41) is 17.2. The van der Waals surface area contributed by atoms with E-state index in [1.54, 1.807) is 39.2 Å². The first kappa shape index (κ1) is 38.8. The molecule has 14 heteroatoms. The van der Waals surface area contributed by atoms with Crippen molar-refractivity contribution in [1.29, 1.82) is 0 Å². The van der Waals surface area contributed by atoms with E-state index in [9.17, 15) is 24.3 Å². The summed E-state index contributed by atoms with van der Waals surface area (Å²) in [7, 11) is 5.93. The Labute approximate surface area is 286 Å². The molecule has 0 bridgehead atoms. The number of cyclic esters (lactones) is 1. The second-order valence-electron chi connectivity index (χ2n) is 12.6. The van der Waals surface area contributed by atoms with Gasteiger partial charge in [-0.15, -0.1) is 0 Å². The van der Waals surface area contributed by atoms with Crippen LogP contribution in [0.5, 0.6) is 5.75 Å². The molecule has 1 aromatic carbocycles. The Morgan fingerprint density at radius 3 is 2.54 bits per heavy atom. The summed E-state index contributed by atoms with van der Waals surface area (Å²) in [4.78, 5) is 51.1. The molecule has 0 aliphatic carbocycles. The molecule has 0 saturated carbocycles. The first-order valence-corrected chi connectivity index (χ1v) is 16.1. The fourth-order valence-electron chi connectivity index (χ4n) is 5.80. The molecule has 1 aromatic rings. The van der Waals surface area contributed by atoms with Crippen molar-refractivity contribution in [3.8, 4) is 5.75 Å². The predicted octanol–water partition coefficient (Wildman–Crippen LogP) is 3.30. The van der Waals surface area contributed by atoms with Gasteiger partial charge in [-0.2, -0.15) is 0 Å². The van der Waals surface area contributed by atoms with Gasteiger partial charge in [0.05, 0.1) is 24.7 Å². The van der Waals surface area contributed by atoms with Crippen LogP contribution in [0.1, 0.15) is 53.0 Å². The quantitative estimate of drug-likeness (QED) is 0.141. The maximum atomic E-state index is 13.0. The van der Waals surface area contributed by atoms with Gasteiger partial charge in [0, 0.05) is 40.5 Å². The highest BCUT2D eigenvalue weighted by molar-refractivity contribution is 6.32. The van der Waals surface area contributed by atoms with Crippen molar-refractivity contribution in [3.05, 3.63) is 52.6 Å². The number of hydrogen-bond acceptors (Lipinski definition) is 10. The summed E-state index contributed by atoms with van der Waals surface area (Å²) < 4.78 is 28.3. The molecule has 2 heterocycles. The first-order valence-electron chi connectivity index (χ1n) is 15.7. The summed E-state index contributed by atoms with van der Waals surface area (Å²) in [6, 6.07) is 4.67. The lowest BCUT2D eigenvalue weighted by molar-refractivity contribution is -0.161. The molecule has 0 unspecified atom stereocenters. The number of halogens is 1. The first-order chi connectivity index (χ1) is 22.5. The van der Waals surface area contributed by atoms with Crippen LogP contribution in [0, 0.1) is 5.92 Å². The number of ether oxygens (including phenoxy) is 5. The number of epoxide rings is 1. The van der Waals surface area contributed by atoms with Crippen molar-refractivity contribution >= 4 is 35.5 Å². The molecule has 2 saturated heterocycles. The fourth-order valence-corrected chi connectivity index (χ4v) is 5.99. The fraction of sp³-hybridized carbons (Fsp3) is 0.588. The van der Waals surface area contributed by atoms with Gasteiger partial charge in [0.1, 0.15) is 35.7 Å². The normalized spacial score (nSPS) is 26.4. The average Bonchev–Trinajstić information content (AvgIpc) is 3.73. The number of carbonyl (C=O) groups excluding carboxylic acids is 4. The topological polar surface area (TPSA) is 165 Å². The number of rotatable bonds is 15. The number of aliphatic hydroxyl groups is 1. The zero-order valence-corrected chi connectivity index (χ0v) is 29.8. The summed E-state index contributed by atoms with van der Waals surface area (Å²) in [5.41, 5.74) is -0.910. The molecule has 0 radical (unpaired) electrons. The molecule has 3 amide bonds. The maximum Gasteiger partial charge on any atom is 0.409 e. The van der Waals surface area contributed by atoms with Crippen molar-refractivity contribution in [2.24, 2.45) is 5.92 Å². The minimum atomic E-state index is -1.82. The number of carbonyl (C=O) groups is 4. The number of nitrogens with zero attached hydrogens (tertiary/aromatic N) is 1. The van der Waals surface area contributed by atoms with Gasteiger partial charge in [-0.3, -0.25) is 14.9 Å². The van der Waals surface area contributed by atoms with E-state index in [4.69, 9.17) is 35.3 Å². The van der Waals surface area contributed by atoms with E-state index in [2.05, 4.69) is 10.6 Å². The van der Waals surface area contributed by atoms with Crippen LogP contribution in [0.15, 0.2) is 42.0 Å². The predicted molar refractivity (Wildman–Crippen MR) is 177 cm³/mol. The van der Waals surface area contributed by atoms with Gasteiger partial charge >= 0.3 is 12.1 Å². The maximum absolute atomic E-state index is 13.0. The number of likely N-dealkylation sites (N-methyl/N-ethyl adjacent to an activating group) is 1. The summed E-state index contributed by atoms with van der Waals surface area (Å²) >= 11 is 6.14. The van der Waals surface area contributed by atoms with Crippen LogP contribution in [0.4, 0.5) is 4.79 Å². The van der Waals surface area contributed by atoms with Gasteiger partial charge in [0.25, 0.3) is 0 Å². The Kier molecular flexibility index (Phi) is 13.1. The number of alkyl carbamates (subject to hydrolysis) is 1.